The molecule has 0 aliphatic carbocycles. The van der Waals surface area contributed by atoms with Crippen molar-refractivity contribution in [2.45, 2.75) is 51.2 Å². The molecule has 0 saturated carbocycles. The number of thioether (sulfide) groups is 1. The monoisotopic (exact) mass is 172 g/mol. The molecule has 1 fully saturated rings. The van der Waals surface area contributed by atoms with E-state index in [4.69, 9.17) is 0 Å². The van der Waals surface area contributed by atoms with Crippen molar-refractivity contribution in [1.29, 1.82) is 0 Å². The lowest BCUT2D eigenvalue weighted by atomic mass is 9.87. The molecule has 1 atom stereocenters. The molecule has 0 radical (unpaired) electrons. The van der Waals surface area contributed by atoms with Gasteiger partial charge in [-0.3, -0.25) is 0 Å². The Morgan fingerprint density at radius 2 is 2.09 bits per heavy atom. The highest BCUT2D eigenvalue weighted by atomic mass is 32.2. The lowest BCUT2D eigenvalue weighted by Gasteiger charge is -2.39. The van der Waals surface area contributed by atoms with Gasteiger partial charge in [0.25, 0.3) is 0 Å². The van der Waals surface area contributed by atoms with Crippen molar-refractivity contribution >= 4 is 11.8 Å². The first-order valence-corrected chi connectivity index (χ1v) is 5.84. The van der Waals surface area contributed by atoms with Crippen LogP contribution in [0.15, 0.2) is 0 Å². The van der Waals surface area contributed by atoms with Crippen LogP contribution < -0.4 is 0 Å². The zero-order valence-corrected chi connectivity index (χ0v) is 8.84. The summed E-state index contributed by atoms with van der Waals surface area (Å²) in [6.07, 6.45) is 5.71. The van der Waals surface area contributed by atoms with E-state index in [2.05, 4.69) is 32.5 Å². The third-order valence-corrected chi connectivity index (χ3v) is 5.07. The summed E-state index contributed by atoms with van der Waals surface area (Å²) in [6, 6.07) is 0. The molecular formula is C10H20S. The van der Waals surface area contributed by atoms with Crippen LogP contribution in [0.1, 0.15) is 46.5 Å². The van der Waals surface area contributed by atoms with Crippen LogP contribution in [0.2, 0.25) is 0 Å². The summed E-state index contributed by atoms with van der Waals surface area (Å²) in [5, 5.41) is 0. The van der Waals surface area contributed by atoms with Gasteiger partial charge in [-0.05, 0) is 30.9 Å². The minimum Gasteiger partial charge on any atom is -0.155 e. The van der Waals surface area contributed by atoms with E-state index >= 15 is 0 Å². The van der Waals surface area contributed by atoms with Gasteiger partial charge in [0.2, 0.25) is 0 Å². The Morgan fingerprint density at radius 1 is 1.36 bits per heavy atom. The van der Waals surface area contributed by atoms with E-state index in [1.54, 1.807) is 0 Å². The van der Waals surface area contributed by atoms with Crippen molar-refractivity contribution in [2.75, 3.05) is 5.75 Å². The predicted molar refractivity (Wildman–Crippen MR) is 54.2 cm³/mol. The van der Waals surface area contributed by atoms with Crippen LogP contribution in [0.4, 0.5) is 0 Å². The van der Waals surface area contributed by atoms with Gasteiger partial charge in [0.15, 0.2) is 0 Å². The topological polar surface area (TPSA) is 0 Å². The highest BCUT2D eigenvalue weighted by Crippen LogP contribution is 2.44. The van der Waals surface area contributed by atoms with Crippen molar-refractivity contribution in [1.82, 2.24) is 0 Å². The summed E-state index contributed by atoms with van der Waals surface area (Å²) in [5.41, 5.74) is 0. The Kier molecular flexibility index (Phi) is 3.29. The largest absolute Gasteiger partial charge is 0.155 e. The molecule has 1 rings (SSSR count). The summed E-state index contributed by atoms with van der Waals surface area (Å²) in [6.45, 7) is 7.10. The Hall–Kier alpha value is 0.350. The minimum absolute atomic E-state index is 0.637. The van der Waals surface area contributed by atoms with Crippen molar-refractivity contribution in [2.24, 2.45) is 5.92 Å². The maximum absolute atomic E-state index is 2.38. The van der Waals surface area contributed by atoms with Gasteiger partial charge in [0, 0.05) is 4.75 Å². The molecule has 0 spiro atoms. The summed E-state index contributed by atoms with van der Waals surface area (Å²) in [7, 11) is 0. The van der Waals surface area contributed by atoms with E-state index in [9.17, 15) is 0 Å². The van der Waals surface area contributed by atoms with Crippen molar-refractivity contribution < 1.29 is 0 Å². The molecule has 1 saturated heterocycles. The van der Waals surface area contributed by atoms with E-state index in [1.807, 2.05) is 0 Å². The summed E-state index contributed by atoms with van der Waals surface area (Å²) in [5.74, 6) is 2.25. The van der Waals surface area contributed by atoms with Gasteiger partial charge in [-0.2, -0.15) is 11.8 Å². The maximum Gasteiger partial charge on any atom is 0.0180 e. The first-order chi connectivity index (χ1) is 5.21. The number of rotatable bonds is 2. The van der Waals surface area contributed by atoms with Crippen molar-refractivity contribution in [3.8, 4) is 0 Å². The molecule has 0 aromatic heterocycles. The standard InChI is InChI=1S/C10H20S/c1-4-10(9(2)3)7-5-6-8-11-10/h9H,4-8H2,1-3H3. The van der Waals surface area contributed by atoms with E-state index in [1.165, 1.54) is 31.4 Å². The summed E-state index contributed by atoms with van der Waals surface area (Å²) in [4.78, 5) is 0. The average molecular weight is 172 g/mol. The van der Waals surface area contributed by atoms with Gasteiger partial charge in [0.05, 0.1) is 0 Å². The van der Waals surface area contributed by atoms with Crippen LogP contribution >= 0.6 is 11.8 Å². The number of hydrogen-bond acceptors (Lipinski definition) is 1. The van der Waals surface area contributed by atoms with Crippen LogP contribution in [-0.4, -0.2) is 10.5 Å². The van der Waals surface area contributed by atoms with Gasteiger partial charge in [-0.1, -0.05) is 27.2 Å². The van der Waals surface area contributed by atoms with Crippen molar-refractivity contribution in [3.05, 3.63) is 0 Å². The average Bonchev–Trinajstić information content (AvgIpc) is 2.05. The lowest BCUT2D eigenvalue weighted by Crippen LogP contribution is -2.33. The molecule has 0 nitrogen and oxygen atoms in total. The Labute approximate surface area is 75.1 Å². The quantitative estimate of drug-likeness (QED) is 0.612. The van der Waals surface area contributed by atoms with Gasteiger partial charge < -0.3 is 0 Å². The van der Waals surface area contributed by atoms with Gasteiger partial charge in [-0.25, -0.2) is 0 Å². The second kappa shape index (κ2) is 3.84. The molecular weight excluding hydrogens is 152 g/mol. The number of hydrogen-bond donors (Lipinski definition) is 0. The fourth-order valence-corrected chi connectivity index (χ4v) is 3.60. The Balaban J connectivity index is 2.57. The predicted octanol–water partition coefficient (Wildman–Crippen LogP) is 3.71. The first-order valence-electron chi connectivity index (χ1n) is 4.85. The highest BCUT2D eigenvalue weighted by molar-refractivity contribution is 8.00. The van der Waals surface area contributed by atoms with E-state index in [-0.39, 0.29) is 0 Å². The third kappa shape index (κ3) is 1.93. The van der Waals surface area contributed by atoms with E-state index < -0.39 is 0 Å². The smallest absolute Gasteiger partial charge is 0.0180 e. The molecule has 0 aromatic rings. The lowest BCUT2D eigenvalue weighted by molar-refractivity contribution is 0.376. The molecule has 1 aliphatic rings. The summed E-state index contributed by atoms with van der Waals surface area (Å²) >= 11 is 2.22. The normalized spacial score (nSPS) is 32.7. The van der Waals surface area contributed by atoms with Gasteiger partial charge in [0.1, 0.15) is 0 Å². The molecule has 0 amide bonds. The molecule has 1 heterocycles. The maximum atomic E-state index is 2.38. The third-order valence-electron chi connectivity index (χ3n) is 3.03. The van der Waals surface area contributed by atoms with E-state index in [0.717, 1.165) is 5.92 Å². The molecule has 0 N–H and O–H groups in total. The SMILES string of the molecule is CCC1(C(C)C)CCCCS1. The molecule has 0 aromatic carbocycles. The zero-order chi connectivity index (χ0) is 8.32. The molecule has 1 heteroatoms. The molecule has 1 unspecified atom stereocenters. The van der Waals surface area contributed by atoms with Gasteiger partial charge >= 0.3 is 0 Å². The fourth-order valence-electron chi connectivity index (χ4n) is 2.02. The second-order valence-electron chi connectivity index (χ2n) is 3.88. The fraction of sp³-hybridized carbons (Fsp3) is 1.00. The van der Waals surface area contributed by atoms with Crippen LogP contribution in [-0.2, 0) is 0 Å². The minimum atomic E-state index is 0.637. The Morgan fingerprint density at radius 3 is 2.36 bits per heavy atom. The molecule has 1 aliphatic heterocycles. The second-order valence-corrected chi connectivity index (χ2v) is 5.39. The first kappa shape index (κ1) is 9.44. The van der Waals surface area contributed by atoms with Gasteiger partial charge in [-0.15, -0.1) is 0 Å². The van der Waals surface area contributed by atoms with Crippen molar-refractivity contribution in [3.63, 3.8) is 0 Å². The zero-order valence-electron chi connectivity index (χ0n) is 8.02. The van der Waals surface area contributed by atoms with Crippen LogP contribution in [0.25, 0.3) is 0 Å². The molecule has 11 heavy (non-hydrogen) atoms. The summed E-state index contributed by atoms with van der Waals surface area (Å²) < 4.78 is 0.637. The Bertz CT molecular complexity index is 112. The van der Waals surface area contributed by atoms with Crippen LogP contribution in [0.5, 0.6) is 0 Å². The molecule has 66 valence electrons. The van der Waals surface area contributed by atoms with Crippen LogP contribution in [0, 0.1) is 5.92 Å². The van der Waals surface area contributed by atoms with Crippen LogP contribution in [0.3, 0.4) is 0 Å². The molecule has 0 bridgehead atoms. The van der Waals surface area contributed by atoms with E-state index in [0.29, 0.717) is 4.75 Å². The highest BCUT2D eigenvalue weighted by Gasteiger charge is 2.33.